The molecule has 0 bridgehead atoms. The van der Waals surface area contributed by atoms with E-state index in [4.69, 9.17) is 4.74 Å². The van der Waals surface area contributed by atoms with E-state index < -0.39 is 0 Å². The molecule has 0 atom stereocenters. The highest BCUT2D eigenvalue weighted by Crippen LogP contribution is 2.15. The van der Waals surface area contributed by atoms with E-state index in [-0.39, 0.29) is 5.56 Å². The van der Waals surface area contributed by atoms with E-state index in [0.29, 0.717) is 19.0 Å². The van der Waals surface area contributed by atoms with E-state index >= 15 is 0 Å². The summed E-state index contributed by atoms with van der Waals surface area (Å²) in [4.78, 5) is 16.1. The zero-order valence-electron chi connectivity index (χ0n) is 13.5. The van der Waals surface area contributed by atoms with Gasteiger partial charge in [0.2, 0.25) is 0 Å². The molecule has 1 heterocycles. The molecule has 122 valence electrons. The Kier molecular flexibility index (Phi) is 4.91. The number of hydrogen-bond donors (Lipinski definition) is 1. The number of nitrogens with zero attached hydrogens (tertiary/aromatic N) is 2. The Morgan fingerprint density at radius 2 is 1.75 bits per heavy atom. The fourth-order valence-corrected chi connectivity index (χ4v) is 2.35. The first kappa shape index (κ1) is 15.8. The monoisotopic (exact) mass is 321 g/mol. The summed E-state index contributed by atoms with van der Waals surface area (Å²) < 4.78 is 7.32. The molecule has 24 heavy (non-hydrogen) atoms. The van der Waals surface area contributed by atoms with Gasteiger partial charge in [-0.25, -0.2) is 4.98 Å². The molecule has 3 aromatic rings. The summed E-state index contributed by atoms with van der Waals surface area (Å²) in [5.41, 5.74) is 2.00. The van der Waals surface area contributed by atoms with E-state index in [0.717, 1.165) is 16.9 Å². The Morgan fingerprint density at radius 3 is 2.54 bits per heavy atom. The summed E-state index contributed by atoms with van der Waals surface area (Å²) in [5, 5.41) is 3.11. The summed E-state index contributed by atoms with van der Waals surface area (Å²) in [7, 11) is 1.71. The number of aromatic nitrogens is 2. The van der Waals surface area contributed by atoms with E-state index in [1.165, 1.54) is 4.57 Å². The lowest BCUT2D eigenvalue weighted by atomic mass is 10.1. The third kappa shape index (κ3) is 3.81. The third-order valence-electron chi connectivity index (χ3n) is 3.72. The summed E-state index contributed by atoms with van der Waals surface area (Å²) in [5.74, 6) is 1.18. The normalized spacial score (nSPS) is 10.4. The number of aryl methyl sites for hydroxylation is 1. The summed E-state index contributed by atoms with van der Waals surface area (Å²) in [6.45, 7) is 0.989. The van der Waals surface area contributed by atoms with Gasteiger partial charge in [-0.2, -0.15) is 0 Å². The molecule has 0 radical (unpaired) electrons. The highest BCUT2D eigenvalue weighted by Gasteiger charge is 2.06. The third-order valence-corrected chi connectivity index (χ3v) is 3.72. The Balaban J connectivity index is 1.70. The van der Waals surface area contributed by atoms with E-state index in [9.17, 15) is 4.79 Å². The van der Waals surface area contributed by atoms with Crippen LogP contribution in [0.1, 0.15) is 11.1 Å². The van der Waals surface area contributed by atoms with Gasteiger partial charge >= 0.3 is 0 Å². The predicted octanol–water partition coefficient (Wildman–Crippen LogP) is 2.97. The fraction of sp³-hybridized carbons (Fsp3) is 0.158. The number of para-hydroxylation sites is 1. The van der Waals surface area contributed by atoms with Crippen molar-refractivity contribution in [1.29, 1.82) is 0 Å². The number of nitrogens with one attached hydrogen (secondary N) is 1. The molecule has 2 aromatic carbocycles. The van der Waals surface area contributed by atoms with Gasteiger partial charge in [0, 0.05) is 26.0 Å². The molecule has 5 nitrogen and oxygen atoms in total. The molecule has 0 aliphatic carbocycles. The van der Waals surface area contributed by atoms with Gasteiger partial charge in [-0.05, 0) is 23.3 Å². The molecule has 1 aromatic heterocycles. The van der Waals surface area contributed by atoms with Gasteiger partial charge in [0.05, 0.1) is 0 Å². The second kappa shape index (κ2) is 7.46. The quantitative estimate of drug-likeness (QED) is 0.758. The molecule has 0 aliphatic heterocycles. The molecule has 0 saturated carbocycles. The average Bonchev–Trinajstić information content (AvgIpc) is 2.63. The van der Waals surface area contributed by atoms with Crippen molar-refractivity contribution in [2.24, 2.45) is 7.05 Å². The standard InChI is InChI=1S/C19H19N3O2/c1-22-12-11-20-18(19(22)23)21-13-15-7-5-6-8-16(15)14-24-17-9-3-2-4-10-17/h2-12H,13-14H2,1H3,(H,20,21). The van der Waals surface area contributed by atoms with E-state index in [2.05, 4.69) is 10.3 Å². The molecule has 0 spiro atoms. The molecular formula is C19H19N3O2. The Labute approximate surface area is 140 Å². The van der Waals surface area contributed by atoms with Crippen LogP contribution in [0.4, 0.5) is 5.82 Å². The van der Waals surface area contributed by atoms with Crippen LogP contribution >= 0.6 is 0 Å². The van der Waals surface area contributed by atoms with Crippen LogP contribution in [0.3, 0.4) is 0 Å². The molecule has 0 aliphatic rings. The zero-order chi connectivity index (χ0) is 16.8. The Hall–Kier alpha value is -3.08. The van der Waals surface area contributed by atoms with Crippen molar-refractivity contribution < 1.29 is 4.74 Å². The second-order valence-electron chi connectivity index (χ2n) is 5.42. The van der Waals surface area contributed by atoms with Crippen molar-refractivity contribution in [1.82, 2.24) is 9.55 Å². The van der Waals surface area contributed by atoms with E-state index in [1.807, 2.05) is 54.6 Å². The minimum Gasteiger partial charge on any atom is -0.489 e. The van der Waals surface area contributed by atoms with Crippen LogP contribution in [-0.2, 0) is 20.2 Å². The van der Waals surface area contributed by atoms with Gasteiger partial charge in [-0.1, -0.05) is 42.5 Å². The van der Waals surface area contributed by atoms with Crippen molar-refractivity contribution in [3.63, 3.8) is 0 Å². The zero-order valence-corrected chi connectivity index (χ0v) is 13.5. The topological polar surface area (TPSA) is 56.1 Å². The maximum Gasteiger partial charge on any atom is 0.293 e. The molecule has 1 N–H and O–H groups in total. The van der Waals surface area contributed by atoms with Crippen LogP contribution in [-0.4, -0.2) is 9.55 Å². The predicted molar refractivity (Wildman–Crippen MR) is 94.0 cm³/mol. The van der Waals surface area contributed by atoms with Crippen LogP contribution in [0.25, 0.3) is 0 Å². The van der Waals surface area contributed by atoms with Crippen molar-refractivity contribution in [3.05, 3.63) is 88.5 Å². The number of benzene rings is 2. The molecule has 3 rings (SSSR count). The van der Waals surface area contributed by atoms with Crippen LogP contribution in [0.5, 0.6) is 5.75 Å². The van der Waals surface area contributed by atoms with Crippen molar-refractivity contribution >= 4 is 5.82 Å². The maximum absolute atomic E-state index is 12.0. The molecule has 0 unspecified atom stereocenters. The summed E-state index contributed by atoms with van der Waals surface area (Å²) in [6.07, 6.45) is 3.24. The summed E-state index contributed by atoms with van der Waals surface area (Å²) >= 11 is 0. The maximum atomic E-state index is 12.0. The Morgan fingerprint density at radius 1 is 1.04 bits per heavy atom. The van der Waals surface area contributed by atoms with Crippen LogP contribution in [0.2, 0.25) is 0 Å². The molecule has 5 heteroatoms. The van der Waals surface area contributed by atoms with E-state index in [1.54, 1.807) is 19.4 Å². The molecule has 0 saturated heterocycles. The lowest BCUT2D eigenvalue weighted by Gasteiger charge is -2.12. The lowest BCUT2D eigenvalue weighted by Crippen LogP contribution is -2.22. The smallest absolute Gasteiger partial charge is 0.293 e. The van der Waals surface area contributed by atoms with Crippen molar-refractivity contribution in [3.8, 4) is 5.75 Å². The van der Waals surface area contributed by atoms with Crippen molar-refractivity contribution in [2.45, 2.75) is 13.2 Å². The number of ether oxygens (including phenoxy) is 1. The highest BCUT2D eigenvalue weighted by molar-refractivity contribution is 5.35. The van der Waals surface area contributed by atoms with Gasteiger partial charge in [0.25, 0.3) is 5.56 Å². The lowest BCUT2D eigenvalue weighted by molar-refractivity contribution is 0.305. The first-order valence-corrected chi connectivity index (χ1v) is 7.74. The fourth-order valence-electron chi connectivity index (χ4n) is 2.35. The van der Waals surface area contributed by atoms with Crippen LogP contribution in [0.15, 0.2) is 71.8 Å². The first-order valence-electron chi connectivity index (χ1n) is 7.74. The molecule has 0 amide bonds. The van der Waals surface area contributed by atoms with Gasteiger partial charge in [0.1, 0.15) is 12.4 Å². The average molecular weight is 321 g/mol. The Bertz CT molecular complexity index is 860. The minimum absolute atomic E-state index is 0.143. The van der Waals surface area contributed by atoms with Crippen LogP contribution in [0, 0.1) is 0 Å². The molecule has 0 fully saturated rings. The van der Waals surface area contributed by atoms with Gasteiger partial charge < -0.3 is 14.6 Å². The largest absolute Gasteiger partial charge is 0.489 e. The number of anilines is 1. The minimum atomic E-state index is -0.143. The number of hydrogen-bond acceptors (Lipinski definition) is 4. The van der Waals surface area contributed by atoms with Gasteiger partial charge in [0.15, 0.2) is 5.82 Å². The first-order chi connectivity index (χ1) is 11.7. The second-order valence-corrected chi connectivity index (χ2v) is 5.42. The van der Waals surface area contributed by atoms with Crippen LogP contribution < -0.4 is 15.6 Å². The number of rotatable bonds is 6. The van der Waals surface area contributed by atoms with Gasteiger partial charge in [-0.3, -0.25) is 4.79 Å². The van der Waals surface area contributed by atoms with Gasteiger partial charge in [-0.15, -0.1) is 0 Å². The van der Waals surface area contributed by atoms with Crippen molar-refractivity contribution in [2.75, 3.05) is 5.32 Å². The SMILES string of the molecule is Cn1ccnc(NCc2ccccc2COc2ccccc2)c1=O. The molecular weight excluding hydrogens is 302 g/mol. The summed E-state index contributed by atoms with van der Waals surface area (Å²) in [6, 6.07) is 17.7. The highest BCUT2D eigenvalue weighted by atomic mass is 16.5.